The zero-order valence-electron chi connectivity index (χ0n) is 13.2. The molecule has 3 atom stereocenters. The van der Waals surface area contributed by atoms with Gasteiger partial charge in [-0.05, 0) is 41.9 Å². The molecule has 0 fully saturated rings. The first-order valence-corrected chi connectivity index (χ1v) is 8.71. The molecule has 0 aliphatic rings. The lowest BCUT2D eigenvalue weighted by molar-refractivity contribution is -0.488. The molecule has 0 radical (unpaired) electrons. The predicted molar refractivity (Wildman–Crippen MR) is 89.5 cm³/mol. The van der Waals surface area contributed by atoms with E-state index in [2.05, 4.69) is 0 Å². The quantitative estimate of drug-likeness (QED) is 0.118. The van der Waals surface area contributed by atoms with Crippen LogP contribution in [0.3, 0.4) is 0 Å². The smallest absolute Gasteiger partial charge is 0.319 e. The van der Waals surface area contributed by atoms with Gasteiger partial charge in [0.25, 0.3) is 0 Å². The van der Waals surface area contributed by atoms with Crippen LogP contribution in [0.2, 0.25) is 0 Å². The van der Waals surface area contributed by atoms with E-state index in [-0.39, 0.29) is 10.2 Å². The fraction of sp³-hybridized carbons (Fsp3) is 0.857. The first kappa shape index (κ1) is 21.2. The van der Waals surface area contributed by atoms with Crippen molar-refractivity contribution in [1.29, 1.82) is 0 Å². The molecule has 0 heterocycles. The van der Waals surface area contributed by atoms with Gasteiger partial charge in [0.15, 0.2) is 10.0 Å². The van der Waals surface area contributed by atoms with Gasteiger partial charge in [-0.2, -0.15) is 0 Å². The van der Waals surface area contributed by atoms with Gasteiger partial charge in [-0.25, -0.2) is 0 Å². The average Bonchev–Trinajstić information content (AvgIpc) is 2.46. The minimum Gasteiger partial charge on any atom is -0.451 e. The highest BCUT2D eigenvalue weighted by Crippen LogP contribution is 2.18. The molecule has 7 nitrogen and oxygen atoms in total. The standard InChI is InChI=1S/C14H24INO6/c1-4-7-13(15)22-14(18)11(8-16(19)20)12(9-17)21-10(5-2)6-3/h9-13H,4-8H2,1-3H3/t11-,12-,13?/m1/s1. The Hall–Kier alpha value is -0.770. The molecule has 8 heteroatoms. The van der Waals surface area contributed by atoms with E-state index >= 15 is 0 Å². The van der Waals surface area contributed by atoms with Crippen LogP contribution in [-0.2, 0) is 19.1 Å². The van der Waals surface area contributed by atoms with Gasteiger partial charge in [-0.1, -0.05) is 27.2 Å². The van der Waals surface area contributed by atoms with Crippen molar-refractivity contribution in [3.05, 3.63) is 10.1 Å². The van der Waals surface area contributed by atoms with Gasteiger partial charge in [0.05, 0.1) is 6.10 Å². The third-order valence-electron chi connectivity index (χ3n) is 3.20. The molecule has 0 rings (SSSR count). The van der Waals surface area contributed by atoms with Crippen LogP contribution in [0.5, 0.6) is 0 Å². The highest BCUT2D eigenvalue weighted by molar-refractivity contribution is 14.1. The van der Waals surface area contributed by atoms with Crippen molar-refractivity contribution >= 4 is 34.8 Å². The fourth-order valence-electron chi connectivity index (χ4n) is 1.90. The Kier molecular flexibility index (Phi) is 11.3. The maximum atomic E-state index is 12.2. The summed E-state index contributed by atoms with van der Waals surface area (Å²) in [6.07, 6.45) is 1.86. The number of ether oxygens (including phenoxy) is 2. The van der Waals surface area contributed by atoms with Gasteiger partial charge in [-0.3, -0.25) is 14.9 Å². The van der Waals surface area contributed by atoms with Crippen LogP contribution in [0.15, 0.2) is 0 Å². The lowest BCUT2D eigenvalue weighted by atomic mass is 10.0. The monoisotopic (exact) mass is 429 g/mol. The predicted octanol–water partition coefficient (Wildman–Crippen LogP) is 2.76. The summed E-state index contributed by atoms with van der Waals surface area (Å²) < 4.78 is 10.4. The molecule has 0 saturated carbocycles. The number of hydrogen-bond donors (Lipinski definition) is 0. The number of hydrogen-bond acceptors (Lipinski definition) is 6. The Balaban J connectivity index is 5.01. The molecule has 22 heavy (non-hydrogen) atoms. The molecular formula is C14H24INO6. The fourth-order valence-corrected chi connectivity index (χ4v) is 2.77. The van der Waals surface area contributed by atoms with E-state index in [0.717, 1.165) is 6.42 Å². The number of alkyl halides is 1. The lowest BCUT2D eigenvalue weighted by Gasteiger charge is -2.24. The molecule has 1 unspecified atom stereocenters. The van der Waals surface area contributed by atoms with Crippen molar-refractivity contribution in [3.63, 3.8) is 0 Å². The van der Waals surface area contributed by atoms with Crippen LogP contribution in [0.1, 0.15) is 46.5 Å². The molecular weight excluding hydrogens is 405 g/mol. The first-order chi connectivity index (χ1) is 10.4. The van der Waals surface area contributed by atoms with Gasteiger partial charge in [0.1, 0.15) is 12.4 Å². The van der Waals surface area contributed by atoms with Crippen LogP contribution in [-0.4, -0.2) is 40.0 Å². The van der Waals surface area contributed by atoms with Crippen LogP contribution in [0, 0.1) is 16.0 Å². The van der Waals surface area contributed by atoms with Crippen LogP contribution in [0.4, 0.5) is 0 Å². The average molecular weight is 429 g/mol. The Morgan fingerprint density at radius 1 is 1.32 bits per heavy atom. The summed E-state index contributed by atoms with van der Waals surface area (Å²) in [6, 6.07) is 0. The van der Waals surface area contributed by atoms with E-state index in [1.54, 1.807) is 0 Å². The van der Waals surface area contributed by atoms with Crippen LogP contribution < -0.4 is 0 Å². The number of nitrogens with zero attached hydrogens (tertiary/aromatic N) is 1. The highest BCUT2D eigenvalue weighted by atomic mass is 127. The number of nitro groups is 1. The molecule has 0 amide bonds. The van der Waals surface area contributed by atoms with Crippen molar-refractivity contribution in [3.8, 4) is 0 Å². The van der Waals surface area contributed by atoms with Crippen LogP contribution >= 0.6 is 22.6 Å². The topological polar surface area (TPSA) is 95.7 Å². The lowest BCUT2D eigenvalue weighted by Crippen LogP contribution is -2.40. The molecule has 0 bridgehead atoms. The molecule has 0 aromatic carbocycles. The molecule has 0 aliphatic carbocycles. The Labute approximate surface area is 144 Å². The normalized spacial score (nSPS) is 15.1. The molecule has 0 aromatic heterocycles. The minimum absolute atomic E-state index is 0.219. The zero-order valence-corrected chi connectivity index (χ0v) is 15.4. The van der Waals surface area contributed by atoms with Crippen molar-refractivity contribution < 1.29 is 24.0 Å². The summed E-state index contributed by atoms with van der Waals surface area (Å²) >= 11 is 1.96. The number of esters is 1. The SMILES string of the molecule is CCCC(I)OC(=O)[C@H](C[N+](=O)[O-])[C@@H](C=O)OC(CC)CC. The maximum Gasteiger partial charge on any atom is 0.319 e. The van der Waals surface area contributed by atoms with Crippen LogP contribution in [0.25, 0.3) is 0 Å². The first-order valence-electron chi connectivity index (χ1n) is 7.46. The number of rotatable bonds is 12. The van der Waals surface area contributed by atoms with Gasteiger partial charge in [0.2, 0.25) is 6.54 Å². The number of carbonyl (C=O) groups is 2. The second kappa shape index (κ2) is 11.8. The van der Waals surface area contributed by atoms with E-state index < -0.39 is 29.5 Å². The van der Waals surface area contributed by atoms with Crippen molar-refractivity contribution in [2.24, 2.45) is 5.92 Å². The summed E-state index contributed by atoms with van der Waals surface area (Å²) in [5.41, 5.74) is 0. The Morgan fingerprint density at radius 3 is 2.32 bits per heavy atom. The largest absolute Gasteiger partial charge is 0.451 e. The molecule has 0 spiro atoms. The van der Waals surface area contributed by atoms with Crippen molar-refractivity contribution in [2.75, 3.05) is 6.54 Å². The minimum atomic E-state index is -1.22. The second-order valence-electron chi connectivity index (χ2n) is 4.93. The summed E-state index contributed by atoms with van der Waals surface area (Å²) in [5.74, 6) is -1.98. The maximum absolute atomic E-state index is 12.2. The molecule has 0 saturated heterocycles. The van der Waals surface area contributed by atoms with E-state index in [1.807, 2.05) is 43.4 Å². The summed E-state index contributed by atoms with van der Waals surface area (Å²) in [5, 5.41) is 10.8. The Morgan fingerprint density at radius 2 is 1.91 bits per heavy atom. The third kappa shape index (κ3) is 8.02. The molecule has 128 valence electrons. The van der Waals surface area contributed by atoms with Gasteiger partial charge in [-0.15, -0.1) is 0 Å². The summed E-state index contributed by atoms with van der Waals surface area (Å²) in [7, 11) is 0. The van der Waals surface area contributed by atoms with E-state index in [9.17, 15) is 19.7 Å². The van der Waals surface area contributed by atoms with E-state index in [1.165, 1.54) is 0 Å². The van der Waals surface area contributed by atoms with Gasteiger partial charge >= 0.3 is 5.97 Å². The second-order valence-corrected chi connectivity index (χ2v) is 6.32. The third-order valence-corrected chi connectivity index (χ3v) is 4.08. The zero-order chi connectivity index (χ0) is 17.1. The molecule has 0 aliphatic heterocycles. The Bertz CT molecular complexity index is 361. The highest BCUT2D eigenvalue weighted by Gasteiger charge is 2.37. The van der Waals surface area contributed by atoms with Crippen molar-refractivity contribution in [2.45, 2.75) is 62.8 Å². The van der Waals surface area contributed by atoms with E-state index in [0.29, 0.717) is 25.5 Å². The van der Waals surface area contributed by atoms with E-state index in [4.69, 9.17) is 9.47 Å². The molecule has 0 aromatic rings. The van der Waals surface area contributed by atoms with Gasteiger partial charge < -0.3 is 14.3 Å². The van der Waals surface area contributed by atoms with Gasteiger partial charge in [0, 0.05) is 4.92 Å². The summed E-state index contributed by atoms with van der Waals surface area (Å²) in [6.45, 7) is 5.04. The number of halogens is 1. The summed E-state index contributed by atoms with van der Waals surface area (Å²) in [4.78, 5) is 33.6. The molecule has 0 N–H and O–H groups in total. The number of carbonyl (C=O) groups excluding carboxylic acids is 2. The number of aldehydes is 1. The van der Waals surface area contributed by atoms with Crippen molar-refractivity contribution in [1.82, 2.24) is 0 Å².